The maximum absolute atomic E-state index is 14.4. The lowest BCUT2D eigenvalue weighted by Gasteiger charge is -2.22. The van der Waals surface area contributed by atoms with E-state index in [1.807, 2.05) is 32.0 Å². The van der Waals surface area contributed by atoms with Crippen molar-refractivity contribution in [2.45, 2.75) is 33.2 Å². The van der Waals surface area contributed by atoms with E-state index < -0.39 is 0 Å². The Morgan fingerprint density at radius 3 is 2.57 bits per heavy atom. The Hall–Kier alpha value is -1.19. The van der Waals surface area contributed by atoms with Crippen molar-refractivity contribution in [3.63, 3.8) is 0 Å². The van der Waals surface area contributed by atoms with Gasteiger partial charge in [0.25, 0.3) is 0 Å². The number of halogens is 2. The maximum Gasteiger partial charge on any atom is 0.128 e. The van der Waals surface area contributed by atoms with Crippen LogP contribution in [0.15, 0.2) is 40.9 Å². The van der Waals surface area contributed by atoms with E-state index in [4.69, 9.17) is 0 Å². The summed E-state index contributed by atoms with van der Waals surface area (Å²) in [4.78, 5) is 0. The Kier molecular flexibility index (Phi) is 5.54. The molecule has 0 aliphatic heterocycles. The predicted octanol–water partition coefficient (Wildman–Crippen LogP) is 5.10. The average Bonchev–Trinajstić information content (AvgIpc) is 2.37. The first-order valence-electron chi connectivity index (χ1n) is 7.25. The van der Waals surface area contributed by atoms with Crippen LogP contribution in [0.25, 0.3) is 0 Å². The standard InChI is InChI=1S/C18H21BrFN/c1-4-21-17(11-14-6-5-7-15(19)10-14)18-13(3)8-12(2)9-16(18)20/h5-10,17,21H,4,11H2,1-3H3. The molecule has 2 rings (SSSR count). The van der Waals surface area contributed by atoms with Crippen molar-refractivity contribution in [1.82, 2.24) is 5.32 Å². The van der Waals surface area contributed by atoms with Crippen LogP contribution >= 0.6 is 15.9 Å². The Labute approximate surface area is 134 Å². The van der Waals surface area contributed by atoms with Crippen LogP contribution in [-0.2, 0) is 6.42 Å². The third-order valence-electron chi connectivity index (χ3n) is 3.61. The molecule has 0 amide bonds. The van der Waals surface area contributed by atoms with Gasteiger partial charge in [0.2, 0.25) is 0 Å². The van der Waals surface area contributed by atoms with E-state index in [1.54, 1.807) is 6.07 Å². The molecule has 0 spiro atoms. The predicted molar refractivity (Wildman–Crippen MR) is 90.1 cm³/mol. The molecule has 0 saturated heterocycles. The Morgan fingerprint density at radius 2 is 1.95 bits per heavy atom. The molecule has 0 aromatic heterocycles. The fourth-order valence-corrected chi connectivity index (χ4v) is 3.24. The Morgan fingerprint density at radius 1 is 1.19 bits per heavy atom. The first-order chi connectivity index (χ1) is 10.0. The molecule has 0 fully saturated rings. The zero-order chi connectivity index (χ0) is 15.4. The van der Waals surface area contributed by atoms with Crippen LogP contribution in [0, 0.1) is 19.7 Å². The molecule has 3 heteroatoms. The van der Waals surface area contributed by atoms with E-state index in [-0.39, 0.29) is 11.9 Å². The summed E-state index contributed by atoms with van der Waals surface area (Å²) in [6, 6.07) is 11.8. The third-order valence-corrected chi connectivity index (χ3v) is 4.10. The average molecular weight is 350 g/mol. The van der Waals surface area contributed by atoms with Crippen molar-refractivity contribution in [1.29, 1.82) is 0 Å². The zero-order valence-corrected chi connectivity index (χ0v) is 14.3. The first kappa shape index (κ1) is 16.2. The minimum absolute atomic E-state index is 0.00935. The molecular weight excluding hydrogens is 329 g/mol. The number of likely N-dealkylation sites (N-methyl/N-ethyl adjacent to an activating group) is 1. The van der Waals surface area contributed by atoms with Crippen LogP contribution in [0.5, 0.6) is 0 Å². The first-order valence-corrected chi connectivity index (χ1v) is 8.05. The van der Waals surface area contributed by atoms with E-state index in [9.17, 15) is 4.39 Å². The number of benzene rings is 2. The highest BCUT2D eigenvalue weighted by atomic mass is 79.9. The SMILES string of the molecule is CCNC(Cc1cccc(Br)c1)c1c(C)cc(C)cc1F. The van der Waals surface area contributed by atoms with E-state index in [0.717, 1.165) is 34.1 Å². The zero-order valence-electron chi connectivity index (χ0n) is 12.7. The maximum atomic E-state index is 14.4. The monoisotopic (exact) mass is 349 g/mol. The summed E-state index contributed by atoms with van der Waals surface area (Å²) in [7, 11) is 0. The molecule has 1 unspecified atom stereocenters. The van der Waals surface area contributed by atoms with E-state index in [0.29, 0.717) is 0 Å². The van der Waals surface area contributed by atoms with Gasteiger partial charge in [-0.1, -0.05) is 41.1 Å². The second kappa shape index (κ2) is 7.19. The molecular formula is C18H21BrFN. The van der Waals surface area contributed by atoms with Gasteiger partial charge in [-0.15, -0.1) is 0 Å². The molecule has 0 heterocycles. The van der Waals surface area contributed by atoms with Gasteiger partial charge in [-0.2, -0.15) is 0 Å². The quantitative estimate of drug-likeness (QED) is 0.791. The normalized spacial score (nSPS) is 12.4. The number of rotatable bonds is 5. The van der Waals surface area contributed by atoms with Crippen LogP contribution in [0.2, 0.25) is 0 Å². The van der Waals surface area contributed by atoms with Crippen molar-refractivity contribution in [3.05, 3.63) is 68.9 Å². The van der Waals surface area contributed by atoms with Crippen molar-refractivity contribution in [3.8, 4) is 0 Å². The molecule has 21 heavy (non-hydrogen) atoms. The highest BCUT2D eigenvalue weighted by molar-refractivity contribution is 9.10. The van der Waals surface area contributed by atoms with E-state index in [2.05, 4.69) is 40.3 Å². The van der Waals surface area contributed by atoms with Gasteiger partial charge in [-0.05, 0) is 61.7 Å². The smallest absolute Gasteiger partial charge is 0.128 e. The minimum atomic E-state index is -0.117. The third kappa shape index (κ3) is 4.14. The Bertz CT molecular complexity index is 601. The van der Waals surface area contributed by atoms with E-state index in [1.165, 1.54) is 5.56 Å². The summed E-state index contributed by atoms with van der Waals surface area (Å²) < 4.78 is 15.5. The van der Waals surface area contributed by atoms with Crippen molar-refractivity contribution in [2.75, 3.05) is 6.54 Å². The summed E-state index contributed by atoms with van der Waals surface area (Å²) in [6.45, 7) is 6.77. The fraction of sp³-hybridized carbons (Fsp3) is 0.333. The summed E-state index contributed by atoms with van der Waals surface area (Å²) in [5.41, 5.74) is 3.94. The van der Waals surface area contributed by atoms with Gasteiger partial charge in [0.1, 0.15) is 5.82 Å². The lowest BCUT2D eigenvalue weighted by atomic mass is 9.93. The highest BCUT2D eigenvalue weighted by Crippen LogP contribution is 2.26. The molecule has 1 nitrogen and oxygen atoms in total. The molecule has 0 aliphatic carbocycles. The summed E-state index contributed by atoms with van der Waals surface area (Å²) >= 11 is 3.49. The fourth-order valence-electron chi connectivity index (χ4n) is 2.79. The molecule has 0 saturated carbocycles. The van der Waals surface area contributed by atoms with Crippen molar-refractivity contribution in [2.24, 2.45) is 0 Å². The molecule has 2 aromatic carbocycles. The van der Waals surface area contributed by atoms with Gasteiger partial charge in [0.15, 0.2) is 0 Å². The van der Waals surface area contributed by atoms with Crippen LogP contribution in [-0.4, -0.2) is 6.54 Å². The molecule has 1 atom stereocenters. The van der Waals surface area contributed by atoms with Gasteiger partial charge in [0, 0.05) is 16.1 Å². The number of aryl methyl sites for hydroxylation is 2. The van der Waals surface area contributed by atoms with Gasteiger partial charge in [-0.3, -0.25) is 0 Å². The number of nitrogens with one attached hydrogen (secondary N) is 1. The van der Waals surface area contributed by atoms with Crippen molar-refractivity contribution >= 4 is 15.9 Å². The van der Waals surface area contributed by atoms with Gasteiger partial charge in [0.05, 0.1) is 0 Å². The lowest BCUT2D eigenvalue weighted by molar-refractivity contribution is 0.506. The van der Waals surface area contributed by atoms with Crippen LogP contribution < -0.4 is 5.32 Å². The van der Waals surface area contributed by atoms with Gasteiger partial charge >= 0.3 is 0 Å². The van der Waals surface area contributed by atoms with Gasteiger partial charge < -0.3 is 5.32 Å². The largest absolute Gasteiger partial charge is 0.310 e. The number of hydrogen-bond donors (Lipinski definition) is 1. The topological polar surface area (TPSA) is 12.0 Å². The molecule has 1 N–H and O–H groups in total. The number of hydrogen-bond acceptors (Lipinski definition) is 1. The summed E-state index contributed by atoms with van der Waals surface area (Å²) in [5.74, 6) is -0.117. The molecule has 0 aliphatic rings. The second-order valence-corrected chi connectivity index (χ2v) is 6.34. The molecule has 0 radical (unpaired) electrons. The molecule has 112 valence electrons. The minimum Gasteiger partial charge on any atom is -0.310 e. The summed E-state index contributed by atoms with van der Waals surface area (Å²) in [5, 5.41) is 3.41. The van der Waals surface area contributed by atoms with Crippen LogP contribution in [0.1, 0.15) is 35.2 Å². The van der Waals surface area contributed by atoms with E-state index >= 15 is 0 Å². The van der Waals surface area contributed by atoms with Gasteiger partial charge in [-0.25, -0.2) is 4.39 Å². The molecule has 2 aromatic rings. The van der Waals surface area contributed by atoms with Crippen molar-refractivity contribution < 1.29 is 4.39 Å². The molecule has 0 bridgehead atoms. The van der Waals surface area contributed by atoms with Crippen LogP contribution in [0.3, 0.4) is 0 Å². The summed E-state index contributed by atoms with van der Waals surface area (Å²) in [6.07, 6.45) is 0.772. The second-order valence-electron chi connectivity index (χ2n) is 5.42. The lowest BCUT2D eigenvalue weighted by Crippen LogP contribution is -2.25. The Balaban J connectivity index is 2.35. The van der Waals surface area contributed by atoms with Crippen LogP contribution in [0.4, 0.5) is 4.39 Å². The highest BCUT2D eigenvalue weighted by Gasteiger charge is 2.18.